The van der Waals surface area contributed by atoms with Gasteiger partial charge in [-0.1, -0.05) is 11.8 Å². The molecule has 3 nitrogen and oxygen atoms in total. The molecule has 0 saturated heterocycles. The first-order valence-corrected chi connectivity index (χ1v) is 7.40. The van der Waals surface area contributed by atoms with Gasteiger partial charge in [0.2, 0.25) is 0 Å². The SMILES string of the molecule is Cc1ccc(C(=O)NCc2cc(C#CCO)cs2)s1. The molecule has 0 aliphatic rings. The third-order valence-electron chi connectivity index (χ3n) is 2.35. The number of aryl methyl sites for hydroxylation is 1. The van der Waals surface area contributed by atoms with E-state index in [2.05, 4.69) is 17.2 Å². The van der Waals surface area contributed by atoms with Gasteiger partial charge in [-0.05, 0) is 25.1 Å². The van der Waals surface area contributed by atoms with Crippen LogP contribution in [0.2, 0.25) is 0 Å². The number of hydrogen-bond acceptors (Lipinski definition) is 4. The lowest BCUT2D eigenvalue weighted by atomic mass is 10.3. The molecule has 1 amide bonds. The second-order valence-corrected chi connectivity index (χ2v) is 6.14. The van der Waals surface area contributed by atoms with Gasteiger partial charge in [-0.3, -0.25) is 4.79 Å². The number of aliphatic hydroxyl groups excluding tert-OH is 1. The highest BCUT2D eigenvalue weighted by molar-refractivity contribution is 7.14. The zero-order valence-electron chi connectivity index (χ0n) is 10.4. The van der Waals surface area contributed by atoms with Crippen LogP contribution in [0.25, 0.3) is 0 Å². The van der Waals surface area contributed by atoms with Crippen LogP contribution in [-0.4, -0.2) is 17.6 Å². The maximum atomic E-state index is 11.9. The van der Waals surface area contributed by atoms with Gasteiger partial charge >= 0.3 is 0 Å². The van der Waals surface area contributed by atoms with Crippen LogP contribution in [0.1, 0.15) is 25.0 Å². The summed E-state index contributed by atoms with van der Waals surface area (Å²) in [5, 5.41) is 13.4. The summed E-state index contributed by atoms with van der Waals surface area (Å²) in [4.78, 5) is 14.8. The minimum atomic E-state index is -0.139. The van der Waals surface area contributed by atoms with E-state index in [1.807, 2.05) is 30.5 Å². The molecule has 2 aromatic rings. The summed E-state index contributed by atoms with van der Waals surface area (Å²) < 4.78 is 0. The predicted molar refractivity (Wildman–Crippen MR) is 78.5 cm³/mol. The molecule has 0 aliphatic carbocycles. The number of carbonyl (C=O) groups excluding carboxylic acids is 1. The highest BCUT2D eigenvalue weighted by Gasteiger charge is 2.08. The molecule has 2 N–H and O–H groups in total. The zero-order valence-corrected chi connectivity index (χ0v) is 12.0. The average molecular weight is 291 g/mol. The maximum absolute atomic E-state index is 11.9. The van der Waals surface area contributed by atoms with E-state index in [-0.39, 0.29) is 12.5 Å². The van der Waals surface area contributed by atoms with Gasteiger partial charge in [0, 0.05) is 20.7 Å². The van der Waals surface area contributed by atoms with Crippen molar-refractivity contribution in [2.45, 2.75) is 13.5 Å². The molecule has 0 aromatic carbocycles. The first-order valence-electron chi connectivity index (χ1n) is 5.71. The van der Waals surface area contributed by atoms with E-state index in [1.165, 1.54) is 11.3 Å². The topological polar surface area (TPSA) is 49.3 Å². The highest BCUT2D eigenvalue weighted by Crippen LogP contribution is 2.16. The van der Waals surface area contributed by atoms with E-state index < -0.39 is 0 Å². The fourth-order valence-corrected chi connectivity index (χ4v) is 3.03. The van der Waals surface area contributed by atoms with E-state index in [4.69, 9.17) is 5.11 Å². The Morgan fingerprint density at radius 1 is 1.47 bits per heavy atom. The normalized spacial score (nSPS) is 9.79. The van der Waals surface area contributed by atoms with Gasteiger partial charge in [0.1, 0.15) is 6.61 Å². The summed E-state index contributed by atoms with van der Waals surface area (Å²) in [6, 6.07) is 5.70. The van der Waals surface area contributed by atoms with Crippen LogP contribution in [0.5, 0.6) is 0 Å². The number of nitrogens with one attached hydrogen (secondary N) is 1. The third kappa shape index (κ3) is 3.93. The fourth-order valence-electron chi connectivity index (χ4n) is 1.49. The van der Waals surface area contributed by atoms with Gasteiger partial charge < -0.3 is 10.4 Å². The lowest BCUT2D eigenvalue weighted by Crippen LogP contribution is -2.21. The number of aliphatic hydroxyl groups is 1. The number of amides is 1. The molecule has 0 fully saturated rings. The fraction of sp³-hybridized carbons (Fsp3) is 0.214. The van der Waals surface area contributed by atoms with Crippen LogP contribution in [0, 0.1) is 18.8 Å². The maximum Gasteiger partial charge on any atom is 0.261 e. The minimum Gasteiger partial charge on any atom is -0.384 e. The zero-order chi connectivity index (χ0) is 13.7. The average Bonchev–Trinajstić information content (AvgIpc) is 3.02. The first kappa shape index (κ1) is 13.8. The summed E-state index contributed by atoms with van der Waals surface area (Å²) in [7, 11) is 0. The number of hydrogen-bond donors (Lipinski definition) is 2. The second-order valence-electron chi connectivity index (χ2n) is 3.85. The molecule has 0 aliphatic heterocycles. The van der Waals surface area contributed by atoms with Gasteiger partial charge in [-0.25, -0.2) is 0 Å². The van der Waals surface area contributed by atoms with Crippen molar-refractivity contribution in [3.05, 3.63) is 43.8 Å². The van der Waals surface area contributed by atoms with Crippen molar-refractivity contribution >= 4 is 28.6 Å². The number of thiophene rings is 2. The molecule has 0 radical (unpaired) electrons. The molecular weight excluding hydrogens is 278 g/mol. The van der Waals surface area contributed by atoms with Gasteiger partial charge in [0.25, 0.3) is 5.91 Å². The predicted octanol–water partition coefficient (Wildman–Crippen LogP) is 2.39. The van der Waals surface area contributed by atoms with Crippen molar-refractivity contribution in [2.75, 3.05) is 6.61 Å². The smallest absolute Gasteiger partial charge is 0.261 e. The Hall–Kier alpha value is -1.61. The van der Waals surface area contributed by atoms with E-state index in [0.29, 0.717) is 6.54 Å². The Bertz CT molecular complexity index is 631. The molecule has 2 aromatic heterocycles. The Labute approximate surface area is 119 Å². The van der Waals surface area contributed by atoms with Crippen molar-refractivity contribution in [1.82, 2.24) is 5.32 Å². The lowest BCUT2D eigenvalue weighted by molar-refractivity contribution is 0.0955. The standard InChI is InChI=1S/C14H13NO2S2/c1-10-4-5-13(19-10)14(17)15-8-12-7-11(9-18-12)3-2-6-16/h4-5,7,9,16H,6,8H2,1H3,(H,15,17). The Kier molecular flexibility index (Phi) is 4.74. The van der Waals surface area contributed by atoms with Crippen LogP contribution in [-0.2, 0) is 6.54 Å². The van der Waals surface area contributed by atoms with Gasteiger partial charge in [0.15, 0.2) is 0 Å². The molecule has 19 heavy (non-hydrogen) atoms. The van der Waals surface area contributed by atoms with Gasteiger partial charge in [0.05, 0.1) is 11.4 Å². The molecular formula is C14H13NO2S2. The van der Waals surface area contributed by atoms with E-state index in [0.717, 1.165) is 20.2 Å². The summed E-state index contributed by atoms with van der Waals surface area (Å²) in [5.41, 5.74) is 0.871. The van der Waals surface area contributed by atoms with E-state index >= 15 is 0 Å². The molecule has 2 heterocycles. The first-order chi connectivity index (χ1) is 9.19. The molecule has 0 atom stereocenters. The van der Waals surface area contributed by atoms with Crippen molar-refractivity contribution in [3.63, 3.8) is 0 Å². The second kappa shape index (κ2) is 6.53. The summed E-state index contributed by atoms with van der Waals surface area (Å²) >= 11 is 3.04. The van der Waals surface area contributed by atoms with Crippen LogP contribution in [0.15, 0.2) is 23.6 Å². The van der Waals surface area contributed by atoms with Crippen molar-refractivity contribution in [3.8, 4) is 11.8 Å². The number of rotatable bonds is 3. The molecule has 5 heteroatoms. The largest absolute Gasteiger partial charge is 0.384 e. The molecule has 0 spiro atoms. The molecule has 0 unspecified atom stereocenters. The quantitative estimate of drug-likeness (QED) is 0.853. The van der Waals surface area contributed by atoms with Crippen LogP contribution in [0.3, 0.4) is 0 Å². The monoisotopic (exact) mass is 291 g/mol. The third-order valence-corrected chi connectivity index (χ3v) is 4.29. The van der Waals surface area contributed by atoms with E-state index in [1.54, 1.807) is 11.3 Å². The summed E-state index contributed by atoms with van der Waals surface area (Å²) in [6.07, 6.45) is 0. The lowest BCUT2D eigenvalue weighted by Gasteiger charge is -2.00. The minimum absolute atomic E-state index is 0.0468. The van der Waals surface area contributed by atoms with Crippen molar-refractivity contribution < 1.29 is 9.90 Å². The van der Waals surface area contributed by atoms with E-state index in [9.17, 15) is 4.79 Å². The van der Waals surface area contributed by atoms with Crippen LogP contribution >= 0.6 is 22.7 Å². The van der Waals surface area contributed by atoms with Crippen molar-refractivity contribution in [2.24, 2.45) is 0 Å². The Balaban J connectivity index is 1.92. The van der Waals surface area contributed by atoms with Crippen LogP contribution < -0.4 is 5.32 Å². The summed E-state index contributed by atoms with van der Waals surface area (Å²) in [6.45, 7) is 2.34. The highest BCUT2D eigenvalue weighted by atomic mass is 32.1. The molecule has 2 rings (SSSR count). The van der Waals surface area contributed by atoms with Gasteiger partial charge in [-0.2, -0.15) is 0 Å². The summed E-state index contributed by atoms with van der Waals surface area (Å²) in [5.74, 6) is 5.39. The number of carbonyl (C=O) groups is 1. The molecule has 98 valence electrons. The molecule has 0 bridgehead atoms. The Morgan fingerprint density at radius 2 is 2.32 bits per heavy atom. The Morgan fingerprint density at radius 3 is 3.00 bits per heavy atom. The van der Waals surface area contributed by atoms with Crippen molar-refractivity contribution in [1.29, 1.82) is 0 Å². The molecule has 0 saturated carbocycles. The van der Waals surface area contributed by atoms with Gasteiger partial charge in [-0.15, -0.1) is 22.7 Å². The van der Waals surface area contributed by atoms with Crippen LogP contribution in [0.4, 0.5) is 0 Å².